The summed E-state index contributed by atoms with van der Waals surface area (Å²) < 4.78 is 5.78. The number of amides is 2. The summed E-state index contributed by atoms with van der Waals surface area (Å²) >= 11 is 0. The molecule has 2 aliphatic rings. The molecule has 3 atom stereocenters. The predicted molar refractivity (Wildman–Crippen MR) is 95.0 cm³/mol. The van der Waals surface area contributed by atoms with Crippen molar-refractivity contribution < 1.29 is 9.53 Å². The van der Waals surface area contributed by atoms with Gasteiger partial charge in [0.25, 0.3) is 0 Å². The maximum Gasteiger partial charge on any atom is 0.317 e. The molecule has 5 nitrogen and oxygen atoms in total. The normalized spacial score (nSPS) is 25.9. The number of hydrogen-bond donors (Lipinski definition) is 1. The van der Waals surface area contributed by atoms with Gasteiger partial charge < -0.3 is 15.0 Å². The molecule has 0 radical (unpaired) electrons. The number of benzene rings is 1. The average Bonchev–Trinajstić information content (AvgIpc) is 2.58. The Balaban J connectivity index is 1.49. The highest BCUT2D eigenvalue weighted by Crippen LogP contribution is 2.18. The molecule has 5 heteroatoms. The highest BCUT2D eigenvalue weighted by Gasteiger charge is 2.26. The molecule has 2 amide bonds. The SMILES string of the molecule is C[C@@H]1CN([C@H](C)CNC(=O)N2CCc3ccccc3C2)C[C@H](C)O1. The minimum atomic E-state index is 0.0470. The van der Waals surface area contributed by atoms with Gasteiger partial charge in [0.1, 0.15) is 0 Å². The molecule has 0 aromatic heterocycles. The van der Waals surface area contributed by atoms with E-state index < -0.39 is 0 Å². The number of urea groups is 1. The second-order valence-electron chi connectivity index (χ2n) is 7.19. The number of ether oxygens (including phenoxy) is 1. The van der Waals surface area contributed by atoms with E-state index in [4.69, 9.17) is 4.74 Å². The Morgan fingerprint density at radius 1 is 1.25 bits per heavy atom. The number of nitrogens with one attached hydrogen (secondary N) is 1. The predicted octanol–water partition coefficient (Wildman–Crippen LogP) is 2.25. The summed E-state index contributed by atoms with van der Waals surface area (Å²) in [5, 5.41) is 3.11. The van der Waals surface area contributed by atoms with Crippen LogP contribution < -0.4 is 5.32 Å². The number of carbonyl (C=O) groups is 1. The Morgan fingerprint density at radius 3 is 2.62 bits per heavy atom. The van der Waals surface area contributed by atoms with Gasteiger partial charge in [-0.1, -0.05) is 24.3 Å². The first kappa shape index (κ1) is 17.2. The zero-order valence-corrected chi connectivity index (χ0v) is 15.0. The summed E-state index contributed by atoms with van der Waals surface area (Å²) in [6.07, 6.45) is 1.45. The Hall–Kier alpha value is -1.59. The molecule has 0 bridgehead atoms. The van der Waals surface area contributed by atoms with E-state index in [0.29, 0.717) is 19.1 Å². The van der Waals surface area contributed by atoms with E-state index >= 15 is 0 Å². The highest BCUT2D eigenvalue weighted by atomic mass is 16.5. The molecule has 1 aromatic carbocycles. The summed E-state index contributed by atoms with van der Waals surface area (Å²) in [5.41, 5.74) is 2.63. The van der Waals surface area contributed by atoms with Crippen LogP contribution in [0.2, 0.25) is 0 Å². The van der Waals surface area contributed by atoms with Gasteiger partial charge >= 0.3 is 6.03 Å². The molecule has 1 fully saturated rings. The third-order valence-corrected chi connectivity index (χ3v) is 5.04. The van der Waals surface area contributed by atoms with Crippen LogP contribution in [0.5, 0.6) is 0 Å². The second-order valence-corrected chi connectivity index (χ2v) is 7.19. The fourth-order valence-corrected chi connectivity index (χ4v) is 3.72. The van der Waals surface area contributed by atoms with Crippen LogP contribution in [0.15, 0.2) is 24.3 Å². The van der Waals surface area contributed by atoms with Gasteiger partial charge in [-0.25, -0.2) is 4.79 Å². The van der Waals surface area contributed by atoms with Crippen molar-refractivity contribution in [2.24, 2.45) is 0 Å². The van der Waals surface area contributed by atoms with Crippen LogP contribution in [0.25, 0.3) is 0 Å². The van der Waals surface area contributed by atoms with Gasteiger partial charge in [0.05, 0.1) is 12.2 Å². The molecular weight excluding hydrogens is 302 g/mol. The minimum Gasteiger partial charge on any atom is -0.373 e. The standard InChI is InChI=1S/C19H29N3O2/c1-14(22-11-15(2)24-16(3)12-22)10-20-19(23)21-9-8-17-6-4-5-7-18(17)13-21/h4-7,14-16H,8-13H2,1-3H3,(H,20,23)/t14-,15-,16+/m1/s1. The average molecular weight is 331 g/mol. The summed E-state index contributed by atoms with van der Waals surface area (Å²) in [4.78, 5) is 16.8. The van der Waals surface area contributed by atoms with Crippen molar-refractivity contribution in [3.8, 4) is 0 Å². The molecule has 3 rings (SSSR count). The van der Waals surface area contributed by atoms with Crippen molar-refractivity contribution in [2.45, 2.75) is 52.0 Å². The fourth-order valence-electron chi connectivity index (χ4n) is 3.72. The molecule has 1 N–H and O–H groups in total. The topological polar surface area (TPSA) is 44.8 Å². The summed E-state index contributed by atoms with van der Waals surface area (Å²) in [7, 11) is 0. The molecule has 1 aromatic rings. The van der Waals surface area contributed by atoms with E-state index in [-0.39, 0.29) is 18.2 Å². The van der Waals surface area contributed by atoms with E-state index in [1.807, 2.05) is 11.0 Å². The molecular formula is C19H29N3O2. The third kappa shape index (κ3) is 4.08. The van der Waals surface area contributed by atoms with Crippen molar-refractivity contribution in [1.29, 1.82) is 0 Å². The van der Waals surface area contributed by atoms with Crippen LogP contribution in [-0.4, -0.2) is 60.3 Å². The monoisotopic (exact) mass is 331 g/mol. The molecule has 0 aliphatic carbocycles. The van der Waals surface area contributed by atoms with Crippen molar-refractivity contribution in [1.82, 2.24) is 15.1 Å². The van der Waals surface area contributed by atoms with Crippen molar-refractivity contribution in [2.75, 3.05) is 26.2 Å². The van der Waals surface area contributed by atoms with Crippen LogP contribution in [0.3, 0.4) is 0 Å². The van der Waals surface area contributed by atoms with Crippen LogP contribution in [0, 0.1) is 0 Å². The number of hydrogen-bond acceptors (Lipinski definition) is 3. The first-order valence-corrected chi connectivity index (χ1v) is 9.02. The van der Waals surface area contributed by atoms with Crippen molar-refractivity contribution >= 4 is 6.03 Å². The van der Waals surface area contributed by atoms with Crippen molar-refractivity contribution in [3.05, 3.63) is 35.4 Å². The third-order valence-electron chi connectivity index (χ3n) is 5.04. The van der Waals surface area contributed by atoms with Gasteiger partial charge in [-0.2, -0.15) is 0 Å². The molecule has 24 heavy (non-hydrogen) atoms. The zero-order chi connectivity index (χ0) is 17.1. The Kier molecular flexibility index (Phi) is 5.41. The lowest BCUT2D eigenvalue weighted by molar-refractivity contribution is -0.0778. The van der Waals surface area contributed by atoms with Gasteiger partial charge in [-0.15, -0.1) is 0 Å². The molecule has 0 saturated carbocycles. The number of nitrogens with zero attached hydrogens (tertiary/aromatic N) is 2. The fraction of sp³-hybridized carbons (Fsp3) is 0.632. The number of fused-ring (bicyclic) bond motifs is 1. The molecule has 2 aliphatic heterocycles. The first-order chi connectivity index (χ1) is 11.5. The maximum absolute atomic E-state index is 12.5. The van der Waals surface area contributed by atoms with Crippen LogP contribution >= 0.6 is 0 Å². The lowest BCUT2D eigenvalue weighted by Crippen LogP contribution is -2.53. The molecule has 0 unspecified atom stereocenters. The zero-order valence-electron chi connectivity index (χ0n) is 15.0. The Labute approximate surface area is 145 Å². The van der Waals surface area contributed by atoms with E-state index in [1.165, 1.54) is 11.1 Å². The van der Waals surface area contributed by atoms with Crippen LogP contribution in [0.1, 0.15) is 31.9 Å². The molecule has 2 heterocycles. The second kappa shape index (κ2) is 7.53. The molecule has 0 spiro atoms. The largest absolute Gasteiger partial charge is 0.373 e. The smallest absolute Gasteiger partial charge is 0.317 e. The van der Waals surface area contributed by atoms with Crippen LogP contribution in [0.4, 0.5) is 4.79 Å². The Morgan fingerprint density at radius 2 is 1.92 bits per heavy atom. The van der Waals surface area contributed by atoms with E-state index in [9.17, 15) is 4.79 Å². The van der Waals surface area contributed by atoms with Gasteiger partial charge in [0.2, 0.25) is 0 Å². The number of carbonyl (C=O) groups excluding carboxylic acids is 1. The molecule has 1 saturated heterocycles. The highest BCUT2D eigenvalue weighted by molar-refractivity contribution is 5.74. The first-order valence-electron chi connectivity index (χ1n) is 9.02. The quantitative estimate of drug-likeness (QED) is 0.924. The van der Waals surface area contributed by atoms with Gasteiger partial charge in [-0.05, 0) is 38.3 Å². The van der Waals surface area contributed by atoms with E-state index in [0.717, 1.165) is 26.1 Å². The minimum absolute atomic E-state index is 0.0470. The lowest BCUT2D eigenvalue weighted by Gasteiger charge is -2.39. The number of rotatable bonds is 3. The lowest BCUT2D eigenvalue weighted by atomic mass is 10.0. The van der Waals surface area contributed by atoms with Gasteiger partial charge in [0.15, 0.2) is 0 Å². The Bertz CT molecular complexity index is 567. The summed E-state index contributed by atoms with van der Waals surface area (Å²) in [5.74, 6) is 0. The van der Waals surface area contributed by atoms with Gasteiger partial charge in [-0.3, -0.25) is 4.90 Å². The van der Waals surface area contributed by atoms with E-state index in [2.05, 4.69) is 49.2 Å². The maximum atomic E-state index is 12.5. The summed E-state index contributed by atoms with van der Waals surface area (Å²) in [6, 6.07) is 8.76. The molecule has 132 valence electrons. The van der Waals surface area contributed by atoms with E-state index in [1.54, 1.807) is 0 Å². The summed E-state index contributed by atoms with van der Waals surface area (Å²) in [6.45, 7) is 10.4. The van der Waals surface area contributed by atoms with Gasteiger partial charge in [0, 0.05) is 38.8 Å². The van der Waals surface area contributed by atoms with Crippen LogP contribution in [-0.2, 0) is 17.7 Å². The van der Waals surface area contributed by atoms with Crippen molar-refractivity contribution in [3.63, 3.8) is 0 Å². The number of morpholine rings is 1.